The highest BCUT2D eigenvalue weighted by Crippen LogP contribution is 2.40. The topological polar surface area (TPSA) is 57.2 Å². The van der Waals surface area contributed by atoms with Crippen molar-refractivity contribution in [2.75, 3.05) is 28.4 Å². The molecule has 21 heavy (non-hydrogen) atoms. The van der Waals surface area contributed by atoms with Gasteiger partial charge in [0.1, 0.15) is 0 Å². The molecule has 0 aromatic heterocycles. The van der Waals surface area contributed by atoms with E-state index in [1.807, 2.05) is 13.8 Å². The Morgan fingerprint density at radius 3 is 1.90 bits per heavy atom. The highest BCUT2D eigenvalue weighted by atomic mass is 16.5. The zero-order valence-corrected chi connectivity index (χ0v) is 13.7. The van der Waals surface area contributed by atoms with E-state index in [0.29, 0.717) is 23.7 Å². The first-order valence-corrected chi connectivity index (χ1v) is 6.91. The highest BCUT2D eigenvalue weighted by Gasteiger charge is 2.21. The van der Waals surface area contributed by atoms with Crippen LogP contribution in [0.4, 0.5) is 0 Å². The van der Waals surface area contributed by atoms with Crippen LogP contribution in [-0.2, 0) is 4.74 Å². The summed E-state index contributed by atoms with van der Waals surface area (Å²) in [6.45, 7) is 3.99. The van der Waals surface area contributed by atoms with Crippen molar-refractivity contribution in [1.29, 1.82) is 0 Å². The lowest BCUT2D eigenvalue weighted by Gasteiger charge is -2.24. The average Bonchev–Trinajstić information content (AvgIpc) is 2.50. The quantitative estimate of drug-likeness (QED) is 0.799. The van der Waals surface area contributed by atoms with E-state index in [1.165, 1.54) is 0 Å². The van der Waals surface area contributed by atoms with Crippen molar-refractivity contribution < 1.29 is 24.1 Å². The fraction of sp³-hybridized carbons (Fsp3) is 0.625. The summed E-state index contributed by atoms with van der Waals surface area (Å²) in [5.41, 5.74) is 0.471. The van der Waals surface area contributed by atoms with Gasteiger partial charge in [0.25, 0.3) is 0 Å². The summed E-state index contributed by atoms with van der Waals surface area (Å²) >= 11 is 0. The lowest BCUT2D eigenvalue weighted by Crippen LogP contribution is -2.23. The Labute approximate surface area is 126 Å². The largest absolute Gasteiger partial charge is 0.493 e. The second-order valence-corrected chi connectivity index (χ2v) is 5.48. The van der Waals surface area contributed by atoms with Crippen molar-refractivity contribution in [2.45, 2.75) is 38.4 Å². The number of ether oxygens (including phenoxy) is 4. The predicted molar refractivity (Wildman–Crippen MR) is 81.4 cm³/mol. The molecule has 1 atom stereocenters. The Morgan fingerprint density at radius 1 is 1.00 bits per heavy atom. The van der Waals surface area contributed by atoms with Crippen molar-refractivity contribution in [2.24, 2.45) is 0 Å². The molecule has 0 spiro atoms. The molecule has 0 aliphatic rings. The zero-order chi connectivity index (χ0) is 16.0. The molecule has 0 amide bonds. The smallest absolute Gasteiger partial charge is 0.203 e. The van der Waals surface area contributed by atoms with Crippen LogP contribution in [0.2, 0.25) is 0 Å². The van der Waals surface area contributed by atoms with Crippen molar-refractivity contribution in [1.82, 2.24) is 0 Å². The Balaban J connectivity index is 2.97. The van der Waals surface area contributed by atoms with Crippen LogP contribution in [0.15, 0.2) is 12.1 Å². The predicted octanol–water partition coefficient (Wildman–Crippen LogP) is 2.95. The SMILES string of the molecule is COc1cc(C(O)CCC(C)(C)OC)cc(OC)c1OC. The van der Waals surface area contributed by atoms with Crippen LogP contribution in [0, 0.1) is 0 Å². The Kier molecular flexibility index (Phi) is 6.30. The molecule has 0 heterocycles. The lowest BCUT2D eigenvalue weighted by atomic mass is 9.96. The lowest BCUT2D eigenvalue weighted by molar-refractivity contribution is 0.00275. The molecule has 1 rings (SSSR count). The van der Waals surface area contributed by atoms with Gasteiger partial charge in [0.15, 0.2) is 11.5 Å². The van der Waals surface area contributed by atoms with Gasteiger partial charge >= 0.3 is 0 Å². The molecular weight excluding hydrogens is 272 g/mol. The van der Waals surface area contributed by atoms with E-state index >= 15 is 0 Å². The van der Waals surface area contributed by atoms with Gasteiger partial charge in [-0.2, -0.15) is 0 Å². The van der Waals surface area contributed by atoms with Crippen molar-refractivity contribution >= 4 is 0 Å². The van der Waals surface area contributed by atoms with Crippen LogP contribution in [0.5, 0.6) is 17.2 Å². The number of methoxy groups -OCH3 is 4. The molecule has 0 saturated heterocycles. The van der Waals surface area contributed by atoms with Gasteiger partial charge < -0.3 is 24.1 Å². The van der Waals surface area contributed by atoms with Gasteiger partial charge in [-0.15, -0.1) is 0 Å². The van der Waals surface area contributed by atoms with Crippen LogP contribution in [0.3, 0.4) is 0 Å². The third kappa shape index (κ3) is 4.51. The standard InChI is InChI=1S/C16H26O5/c1-16(2,21-6)8-7-12(17)11-9-13(18-3)15(20-5)14(10-11)19-4/h9-10,12,17H,7-8H2,1-6H3. The van der Waals surface area contributed by atoms with E-state index in [1.54, 1.807) is 40.6 Å². The van der Waals surface area contributed by atoms with Crippen molar-refractivity contribution in [3.05, 3.63) is 17.7 Å². The molecular formula is C16H26O5. The first kappa shape index (κ1) is 17.6. The second kappa shape index (κ2) is 7.52. The monoisotopic (exact) mass is 298 g/mol. The minimum Gasteiger partial charge on any atom is -0.493 e. The van der Waals surface area contributed by atoms with E-state index in [4.69, 9.17) is 18.9 Å². The molecule has 1 unspecified atom stereocenters. The summed E-state index contributed by atoms with van der Waals surface area (Å²) in [6, 6.07) is 3.54. The van der Waals surface area contributed by atoms with Gasteiger partial charge in [-0.05, 0) is 44.4 Å². The molecule has 5 nitrogen and oxygen atoms in total. The Morgan fingerprint density at radius 2 is 1.52 bits per heavy atom. The summed E-state index contributed by atoms with van der Waals surface area (Å²) in [5, 5.41) is 10.4. The van der Waals surface area contributed by atoms with Crippen molar-refractivity contribution in [3.63, 3.8) is 0 Å². The maximum Gasteiger partial charge on any atom is 0.203 e. The van der Waals surface area contributed by atoms with E-state index in [-0.39, 0.29) is 5.60 Å². The molecule has 0 aliphatic carbocycles. The summed E-state index contributed by atoms with van der Waals surface area (Å²) in [5.74, 6) is 1.60. The summed E-state index contributed by atoms with van der Waals surface area (Å²) in [7, 11) is 6.34. The molecule has 5 heteroatoms. The normalized spacial score (nSPS) is 12.9. The minimum atomic E-state index is -0.617. The van der Waals surface area contributed by atoms with Gasteiger partial charge in [-0.1, -0.05) is 0 Å². The number of aliphatic hydroxyl groups excluding tert-OH is 1. The Bertz CT molecular complexity index is 431. The van der Waals surface area contributed by atoms with Crippen LogP contribution < -0.4 is 14.2 Å². The van der Waals surface area contributed by atoms with Gasteiger partial charge in [0.05, 0.1) is 33.0 Å². The van der Waals surface area contributed by atoms with Crippen molar-refractivity contribution in [3.8, 4) is 17.2 Å². The number of hydrogen-bond acceptors (Lipinski definition) is 5. The van der Waals surface area contributed by atoms with Crippen LogP contribution >= 0.6 is 0 Å². The van der Waals surface area contributed by atoms with Crippen LogP contribution in [0.1, 0.15) is 38.4 Å². The van der Waals surface area contributed by atoms with E-state index in [9.17, 15) is 5.11 Å². The molecule has 0 aliphatic heterocycles. The third-order valence-corrected chi connectivity index (χ3v) is 3.64. The zero-order valence-electron chi connectivity index (χ0n) is 13.7. The fourth-order valence-electron chi connectivity index (χ4n) is 2.05. The molecule has 0 radical (unpaired) electrons. The Hall–Kier alpha value is -1.46. The molecule has 1 aromatic rings. The average molecular weight is 298 g/mol. The van der Waals surface area contributed by atoms with E-state index in [2.05, 4.69) is 0 Å². The first-order valence-electron chi connectivity index (χ1n) is 6.91. The second-order valence-electron chi connectivity index (χ2n) is 5.48. The van der Waals surface area contributed by atoms with Gasteiger partial charge in [-0.3, -0.25) is 0 Å². The number of hydrogen-bond donors (Lipinski definition) is 1. The maximum absolute atomic E-state index is 10.4. The van der Waals surface area contributed by atoms with Crippen LogP contribution in [0.25, 0.3) is 0 Å². The summed E-state index contributed by atoms with van der Waals surface area (Å²) in [4.78, 5) is 0. The molecule has 1 aromatic carbocycles. The third-order valence-electron chi connectivity index (χ3n) is 3.64. The summed E-state index contributed by atoms with van der Waals surface area (Å²) in [6.07, 6.45) is 0.703. The van der Waals surface area contributed by atoms with E-state index in [0.717, 1.165) is 12.0 Å². The first-order chi connectivity index (χ1) is 9.88. The van der Waals surface area contributed by atoms with Gasteiger partial charge in [0, 0.05) is 7.11 Å². The highest BCUT2D eigenvalue weighted by molar-refractivity contribution is 5.54. The summed E-state index contributed by atoms with van der Waals surface area (Å²) < 4.78 is 21.2. The van der Waals surface area contributed by atoms with Crippen LogP contribution in [-0.4, -0.2) is 39.1 Å². The van der Waals surface area contributed by atoms with Gasteiger partial charge in [0.2, 0.25) is 5.75 Å². The maximum atomic E-state index is 10.4. The van der Waals surface area contributed by atoms with Gasteiger partial charge in [-0.25, -0.2) is 0 Å². The molecule has 1 N–H and O–H groups in total. The molecule has 0 fully saturated rings. The molecule has 120 valence electrons. The number of aliphatic hydroxyl groups is 1. The van der Waals surface area contributed by atoms with E-state index < -0.39 is 6.10 Å². The molecule has 0 saturated carbocycles. The molecule has 0 bridgehead atoms. The number of benzene rings is 1. The minimum absolute atomic E-state index is 0.262. The fourth-order valence-corrected chi connectivity index (χ4v) is 2.05. The number of rotatable bonds is 8.